The molecule has 9 heteroatoms. The largest absolute Gasteiger partial charge is 0.378 e. The van der Waals surface area contributed by atoms with Crippen LogP contribution >= 0.6 is 0 Å². The molecule has 1 fully saturated rings. The maximum Gasteiger partial charge on any atom is 0.353 e. The smallest absolute Gasteiger partial charge is 0.353 e. The summed E-state index contributed by atoms with van der Waals surface area (Å²) in [5, 5.41) is 14.5. The Morgan fingerprint density at radius 3 is 2.50 bits per heavy atom. The van der Waals surface area contributed by atoms with Crippen molar-refractivity contribution in [2.75, 3.05) is 55.2 Å². The van der Waals surface area contributed by atoms with Crippen LogP contribution in [0.5, 0.6) is 0 Å². The summed E-state index contributed by atoms with van der Waals surface area (Å²) >= 11 is 0. The molecule has 3 N–H and O–H groups in total. The summed E-state index contributed by atoms with van der Waals surface area (Å²) in [6.45, 7) is 11.1. The fourth-order valence-corrected chi connectivity index (χ4v) is 2.68. The summed E-state index contributed by atoms with van der Waals surface area (Å²) in [6.07, 6.45) is 0.963. The molecule has 134 valence electrons. The first-order chi connectivity index (χ1) is 11.4. The van der Waals surface area contributed by atoms with Crippen LogP contribution in [0.1, 0.15) is 27.2 Å². The van der Waals surface area contributed by atoms with E-state index in [-0.39, 0.29) is 11.5 Å². The van der Waals surface area contributed by atoms with Gasteiger partial charge >= 0.3 is 5.69 Å². The zero-order valence-electron chi connectivity index (χ0n) is 14.7. The number of anilines is 3. The van der Waals surface area contributed by atoms with Crippen molar-refractivity contribution in [2.24, 2.45) is 5.92 Å². The minimum atomic E-state index is -0.491. The lowest BCUT2D eigenvalue weighted by molar-refractivity contribution is -0.383. The van der Waals surface area contributed by atoms with E-state index in [1.807, 2.05) is 4.90 Å². The Hall–Kier alpha value is -2.16. The van der Waals surface area contributed by atoms with E-state index in [4.69, 9.17) is 5.73 Å². The quantitative estimate of drug-likeness (QED) is 0.569. The Kier molecular flexibility index (Phi) is 6.13. The maximum absolute atomic E-state index is 11.4. The Labute approximate surface area is 142 Å². The summed E-state index contributed by atoms with van der Waals surface area (Å²) in [5.41, 5.74) is 5.65. The van der Waals surface area contributed by atoms with Gasteiger partial charge in [0.2, 0.25) is 17.6 Å². The Morgan fingerprint density at radius 2 is 1.96 bits per heavy atom. The normalized spacial score (nSPS) is 15.8. The highest BCUT2D eigenvalue weighted by molar-refractivity contribution is 5.71. The van der Waals surface area contributed by atoms with Crippen LogP contribution in [0.15, 0.2) is 0 Å². The summed E-state index contributed by atoms with van der Waals surface area (Å²) in [5.74, 6) is 1.13. The molecule has 1 aliphatic heterocycles. The third-order valence-electron chi connectivity index (χ3n) is 4.20. The second kappa shape index (κ2) is 8.09. The third-order valence-corrected chi connectivity index (χ3v) is 4.20. The van der Waals surface area contributed by atoms with Crippen LogP contribution in [0.25, 0.3) is 0 Å². The lowest BCUT2D eigenvalue weighted by Gasteiger charge is -2.34. The van der Waals surface area contributed by atoms with Crippen LogP contribution in [0, 0.1) is 16.0 Å². The van der Waals surface area contributed by atoms with Crippen LogP contribution in [-0.2, 0) is 0 Å². The number of hydrogen-bond acceptors (Lipinski definition) is 8. The van der Waals surface area contributed by atoms with Crippen molar-refractivity contribution in [3.63, 3.8) is 0 Å². The van der Waals surface area contributed by atoms with Gasteiger partial charge in [-0.1, -0.05) is 20.8 Å². The fraction of sp³-hybridized carbons (Fsp3) is 0.733. The molecule has 0 radical (unpaired) electrons. The summed E-state index contributed by atoms with van der Waals surface area (Å²) in [4.78, 5) is 23.6. The summed E-state index contributed by atoms with van der Waals surface area (Å²) in [6, 6.07) is 0. The van der Waals surface area contributed by atoms with E-state index in [0.717, 1.165) is 26.1 Å². The first kappa shape index (κ1) is 18.2. The van der Waals surface area contributed by atoms with Crippen LogP contribution in [0.3, 0.4) is 0 Å². The average Bonchev–Trinajstić information content (AvgIpc) is 2.53. The van der Waals surface area contributed by atoms with Gasteiger partial charge in [-0.05, 0) is 18.9 Å². The van der Waals surface area contributed by atoms with E-state index in [2.05, 4.69) is 41.0 Å². The first-order valence-corrected chi connectivity index (χ1v) is 8.45. The average molecular weight is 337 g/mol. The van der Waals surface area contributed by atoms with Gasteiger partial charge in [-0.3, -0.25) is 10.1 Å². The zero-order chi connectivity index (χ0) is 17.7. The van der Waals surface area contributed by atoms with E-state index in [0.29, 0.717) is 37.3 Å². The Morgan fingerprint density at radius 1 is 1.29 bits per heavy atom. The number of nitrogens with two attached hydrogens (primary N) is 1. The molecule has 0 atom stereocenters. The zero-order valence-corrected chi connectivity index (χ0v) is 14.7. The minimum absolute atomic E-state index is 0.0880. The molecule has 0 saturated carbocycles. The van der Waals surface area contributed by atoms with Crippen molar-refractivity contribution in [2.45, 2.75) is 27.2 Å². The molecule has 1 aromatic rings. The number of piperazine rings is 1. The van der Waals surface area contributed by atoms with E-state index in [9.17, 15) is 10.1 Å². The van der Waals surface area contributed by atoms with Gasteiger partial charge in [-0.2, -0.15) is 9.97 Å². The van der Waals surface area contributed by atoms with Crippen molar-refractivity contribution in [1.82, 2.24) is 14.9 Å². The van der Waals surface area contributed by atoms with Crippen LogP contribution in [-0.4, -0.2) is 59.1 Å². The monoisotopic (exact) mass is 337 g/mol. The topological polar surface area (TPSA) is 113 Å². The fourth-order valence-electron chi connectivity index (χ4n) is 2.68. The third kappa shape index (κ3) is 4.44. The molecule has 0 bridgehead atoms. The molecule has 0 amide bonds. The maximum atomic E-state index is 11.4. The number of nitrogens with one attached hydrogen (secondary N) is 1. The van der Waals surface area contributed by atoms with Gasteiger partial charge in [0.05, 0.1) is 4.92 Å². The second-order valence-electron chi connectivity index (χ2n) is 6.39. The molecule has 9 nitrogen and oxygen atoms in total. The lowest BCUT2D eigenvalue weighted by atomic mass is 10.1. The lowest BCUT2D eigenvalue weighted by Crippen LogP contribution is -2.46. The molecule has 24 heavy (non-hydrogen) atoms. The summed E-state index contributed by atoms with van der Waals surface area (Å²) in [7, 11) is 0. The molecular weight excluding hydrogens is 310 g/mol. The molecule has 0 unspecified atom stereocenters. The number of aromatic nitrogens is 2. The highest BCUT2D eigenvalue weighted by atomic mass is 16.6. The SMILES string of the molecule is CCN1CCN(c2nc(NCCC(C)C)nc(N)c2[N+](=O)[O-])CC1. The molecule has 0 aromatic carbocycles. The standard InChI is InChI=1S/C15H27N7O2/c1-4-20-7-9-21(10-8-20)14-12(22(23)24)13(16)18-15(19-14)17-6-5-11(2)3/h11H,4-10H2,1-3H3,(H3,16,17,18,19). The van der Waals surface area contributed by atoms with Gasteiger partial charge in [-0.15, -0.1) is 0 Å². The van der Waals surface area contributed by atoms with Crippen LogP contribution in [0.2, 0.25) is 0 Å². The number of rotatable bonds is 7. The molecule has 1 aliphatic rings. The van der Waals surface area contributed by atoms with Gasteiger partial charge in [0.15, 0.2) is 0 Å². The van der Waals surface area contributed by atoms with Crippen LogP contribution in [0.4, 0.5) is 23.3 Å². The van der Waals surface area contributed by atoms with Crippen LogP contribution < -0.4 is 16.0 Å². The number of nitro groups is 1. The molecule has 1 saturated heterocycles. The van der Waals surface area contributed by atoms with E-state index in [1.165, 1.54) is 0 Å². The summed E-state index contributed by atoms with van der Waals surface area (Å²) < 4.78 is 0. The molecular formula is C15H27N7O2. The van der Waals surface area contributed by atoms with Crippen molar-refractivity contribution in [1.29, 1.82) is 0 Å². The van der Waals surface area contributed by atoms with Gasteiger partial charge in [0, 0.05) is 32.7 Å². The van der Waals surface area contributed by atoms with Crippen molar-refractivity contribution in [3.05, 3.63) is 10.1 Å². The molecule has 2 heterocycles. The molecule has 0 aliphatic carbocycles. The van der Waals surface area contributed by atoms with E-state index < -0.39 is 4.92 Å². The second-order valence-corrected chi connectivity index (χ2v) is 6.39. The van der Waals surface area contributed by atoms with Crippen molar-refractivity contribution < 1.29 is 4.92 Å². The van der Waals surface area contributed by atoms with E-state index in [1.54, 1.807) is 0 Å². The predicted octanol–water partition coefficient (Wildman–Crippen LogP) is 1.57. The highest BCUT2D eigenvalue weighted by Crippen LogP contribution is 2.32. The Bertz CT molecular complexity index is 571. The Balaban J connectivity index is 2.22. The molecule has 0 spiro atoms. The van der Waals surface area contributed by atoms with Crippen molar-refractivity contribution >= 4 is 23.3 Å². The van der Waals surface area contributed by atoms with Gasteiger partial charge in [0.1, 0.15) is 0 Å². The molecule has 1 aromatic heterocycles. The minimum Gasteiger partial charge on any atom is -0.378 e. The van der Waals surface area contributed by atoms with Crippen molar-refractivity contribution in [3.8, 4) is 0 Å². The van der Waals surface area contributed by atoms with E-state index >= 15 is 0 Å². The first-order valence-electron chi connectivity index (χ1n) is 8.45. The van der Waals surface area contributed by atoms with Gasteiger partial charge in [-0.25, -0.2) is 0 Å². The number of nitrogens with zero attached hydrogens (tertiary/aromatic N) is 5. The number of nitrogen functional groups attached to an aromatic ring is 1. The highest BCUT2D eigenvalue weighted by Gasteiger charge is 2.29. The number of hydrogen-bond donors (Lipinski definition) is 2. The molecule has 2 rings (SSSR count). The van der Waals surface area contributed by atoms with Gasteiger partial charge < -0.3 is 20.9 Å². The predicted molar refractivity (Wildman–Crippen MR) is 95.4 cm³/mol. The number of likely N-dealkylation sites (N-methyl/N-ethyl adjacent to an activating group) is 1. The van der Waals surface area contributed by atoms with Gasteiger partial charge in [0.25, 0.3) is 0 Å².